The third kappa shape index (κ3) is 2.56. The average Bonchev–Trinajstić information content (AvgIpc) is 2.52. The maximum absolute atomic E-state index is 11.4. The normalized spacial score (nSPS) is 36.6. The average molecular weight is 248 g/mol. The van der Waals surface area contributed by atoms with Crippen LogP contribution in [-0.2, 0) is 9.84 Å². The number of aliphatic hydroxyl groups is 1. The summed E-state index contributed by atoms with van der Waals surface area (Å²) < 4.78 is 22.8. The quantitative estimate of drug-likeness (QED) is 0.664. The van der Waals surface area contributed by atoms with Crippen LogP contribution in [0.2, 0.25) is 0 Å². The lowest BCUT2D eigenvalue weighted by Crippen LogP contribution is -2.53. The Hall–Kier alpha value is -0.170. The van der Waals surface area contributed by atoms with Gasteiger partial charge in [-0.2, -0.15) is 0 Å². The topological polar surface area (TPSA) is 60.9 Å². The van der Waals surface area contributed by atoms with Gasteiger partial charge in [0.2, 0.25) is 0 Å². The molecular weight excluding hydrogens is 228 g/mol. The van der Waals surface area contributed by atoms with Crippen LogP contribution in [0.3, 0.4) is 0 Å². The highest BCUT2D eigenvalue weighted by molar-refractivity contribution is 7.91. The lowest BCUT2D eigenvalue weighted by Gasteiger charge is -2.38. The highest BCUT2D eigenvalue weighted by atomic mass is 32.2. The van der Waals surface area contributed by atoms with E-state index in [9.17, 15) is 13.5 Å². The SMILES string of the molecule is CCN1CCN([C@@H]2CS(=O)(=O)C[C@H]2O)CC1. The Morgan fingerprint density at radius 3 is 2.25 bits per heavy atom. The fraction of sp³-hybridized carbons (Fsp3) is 1.00. The first-order chi connectivity index (χ1) is 7.52. The zero-order valence-electron chi connectivity index (χ0n) is 9.67. The summed E-state index contributed by atoms with van der Waals surface area (Å²) in [6.07, 6.45) is -0.696. The molecule has 2 atom stereocenters. The van der Waals surface area contributed by atoms with Gasteiger partial charge in [-0.05, 0) is 6.54 Å². The molecule has 2 saturated heterocycles. The number of aliphatic hydroxyl groups excluding tert-OH is 1. The number of nitrogens with zero attached hydrogens (tertiary/aromatic N) is 2. The highest BCUT2D eigenvalue weighted by Gasteiger charge is 2.40. The van der Waals surface area contributed by atoms with Crippen molar-refractivity contribution in [3.63, 3.8) is 0 Å². The van der Waals surface area contributed by atoms with Crippen molar-refractivity contribution in [3.05, 3.63) is 0 Å². The van der Waals surface area contributed by atoms with E-state index in [1.165, 1.54) is 0 Å². The summed E-state index contributed by atoms with van der Waals surface area (Å²) in [4.78, 5) is 4.47. The monoisotopic (exact) mass is 248 g/mol. The van der Waals surface area contributed by atoms with Gasteiger partial charge in [0.15, 0.2) is 9.84 Å². The number of hydrogen-bond acceptors (Lipinski definition) is 5. The van der Waals surface area contributed by atoms with Crippen LogP contribution in [0.15, 0.2) is 0 Å². The summed E-state index contributed by atoms with van der Waals surface area (Å²) in [5, 5.41) is 9.77. The van der Waals surface area contributed by atoms with E-state index in [2.05, 4.69) is 16.7 Å². The standard InChI is InChI=1S/C10H20N2O3S/c1-2-11-3-5-12(6-4-11)9-7-16(14,15)8-10(9)13/h9-10,13H,2-8H2,1H3/t9-,10-/m1/s1. The molecule has 94 valence electrons. The molecule has 0 aromatic heterocycles. The molecule has 0 unspecified atom stereocenters. The van der Waals surface area contributed by atoms with E-state index in [0.717, 1.165) is 32.7 Å². The van der Waals surface area contributed by atoms with Gasteiger partial charge in [-0.15, -0.1) is 0 Å². The van der Waals surface area contributed by atoms with Crippen molar-refractivity contribution in [2.45, 2.75) is 19.1 Å². The summed E-state index contributed by atoms with van der Waals surface area (Å²) in [5.41, 5.74) is 0. The molecule has 2 fully saturated rings. The Kier molecular flexibility index (Phi) is 3.53. The third-order valence-electron chi connectivity index (χ3n) is 3.62. The third-order valence-corrected chi connectivity index (χ3v) is 5.32. The van der Waals surface area contributed by atoms with Crippen LogP contribution in [0, 0.1) is 0 Å². The molecule has 0 spiro atoms. The van der Waals surface area contributed by atoms with Crippen molar-refractivity contribution in [1.29, 1.82) is 0 Å². The van der Waals surface area contributed by atoms with E-state index < -0.39 is 15.9 Å². The Bertz CT molecular complexity index is 336. The summed E-state index contributed by atoms with van der Waals surface area (Å²) in [6.45, 7) is 6.85. The van der Waals surface area contributed by atoms with Gasteiger partial charge in [0.05, 0.1) is 23.7 Å². The van der Waals surface area contributed by atoms with E-state index in [1.807, 2.05) is 0 Å². The van der Waals surface area contributed by atoms with Crippen LogP contribution < -0.4 is 0 Å². The molecule has 0 bridgehead atoms. The molecule has 0 saturated carbocycles. The van der Waals surface area contributed by atoms with E-state index in [0.29, 0.717) is 0 Å². The Morgan fingerprint density at radius 2 is 1.81 bits per heavy atom. The lowest BCUT2D eigenvalue weighted by molar-refractivity contribution is 0.0460. The first-order valence-corrected chi connectivity index (χ1v) is 7.69. The summed E-state index contributed by atoms with van der Waals surface area (Å²) in [5.74, 6) is 0.0615. The van der Waals surface area contributed by atoms with E-state index in [1.54, 1.807) is 0 Å². The molecule has 0 aliphatic carbocycles. The van der Waals surface area contributed by atoms with Crippen LogP contribution in [-0.4, -0.2) is 79.7 Å². The van der Waals surface area contributed by atoms with Gasteiger partial charge in [-0.1, -0.05) is 6.92 Å². The summed E-state index contributed by atoms with van der Waals surface area (Å²) in [6, 6.07) is -0.177. The number of hydrogen-bond donors (Lipinski definition) is 1. The first-order valence-electron chi connectivity index (χ1n) is 5.87. The van der Waals surface area contributed by atoms with E-state index in [4.69, 9.17) is 0 Å². The zero-order valence-corrected chi connectivity index (χ0v) is 10.5. The van der Waals surface area contributed by atoms with Crippen molar-refractivity contribution in [1.82, 2.24) is 9.80 Å². The Morgan fingerprint density at radius 1 is 1.19 bits per heavy atom. The zero-order chi connectivity index (χ0) is 11.8. The summed E-state index contributed by atoms with van der Waals surface area (Å²) in [7, 11) is -3.02. The molecule has 2 rings (SSSR count). The van der Waals surface area contributed by atoms with Crippen molar-refractivity contribution in [3.8, 4) is 0 Å². The van der Waals surface area contributed by atoms with E-state index in [-0.39, 0.29) is 17.5 Å². The molecule has 0 radical (unpaired) electrons. The van der Waals surface area contributed by atoms with Crippen molar-refractivity contribution >= 4 is 9.84 Å². The molecule has 6 heteroatoms. The van der Waals surface area contributed by atoms with Gasteiger partial charge in [0.1, 0.15) is 0 Å². The number of likely N-dealkylation sites (N-methyl/N-ethyl adjacent to an activating group) is 1. The fourth-order valence-electron chi connectivity index (χ4n) is 2.57. The predicted octanol–water partition coefficient (Wildman–Crippen LogP) is -1.22. The fourth-order valence-corrected chi connectivity index (χ4v) is 4.40. The number of rotatable bonds is 2. The number of piperazine rings is 1. The van der Waals surface area contributed by atoms with Gasteiger partial charge < -0.3 is 10.0 Å². The minimum absolute atomic E-state index is 0.0638. The van der Waals surface area contributed by atoms with Crippen molar-refractivity contribution < 1.29 is 13.5 Å². The van der Waals surface area contributed by atoms with Crippen molar-refractivity contribution in [2.75, 3.05) is 44.2 Å². The largest absolute Gasteiger partial charge is 0.390 e. The molecule has 2 heterocycles. The molecule has 16 heavy (non-hydrogen) atoms. The van der Waals surface area contributed by atoms with Gasteiger partial charge in [0.25, 0.3) is 0 Å². The van der Waals surface area contributed by atoms with Crippen molar-refractivity contribution in [2.24, 2.45) is 0 Å². The molecule has 2 aliphatic heterocycles. The van der Waals surface area contributed by atoms with Crippen LogP contribution >= 0.6 is 0 Å². The van der Waals surface area contributed by atoms with Gasteiger partial charge in [-0.3, -0.25) is 4.90 Å². The van der Waals surface area contributed by atoms with Gasteiger partial charge in [0, 0.05) is 26.2 Å². The Balaban J connectivity index is 1.95. The predicted molar refractivity (Wildman–Crippen MR) is 62.1 cm³/mol. The highest BCUT2D eigenvalue weighted by Crippen LogP contribution is 2.19. The minimum atomic E-state index is -3.02. The Labute approximate surface area is 97.0 Å². The molecule has 1 N–H and O–H groups in total. The smallest absolute Gasteiger partial charge is 0.154 e. The van der Waals surface area contributed by atoms with Crippen LogP contribution in [0.5, 0.6) is 0 Å². The summed E-state index contributed by atoms with van der Waals surface area (Å²) >= 11 is 0. The second kappa shape index (κ2) is 4.60. The lowest BCUT2D eigenvalue weighted by atomic mass is 10.1. The molecule has 0 aromatic carbocycles. The molecule has 2 aliphatic rings. The van der Waals surface area contributed by atoms with Gasteiger partial charge >= 0.3 is 0 Å². The van der Waals surface area contributed by atoms with E-state index >= 15 is 0 Å². The molecule has 0 aromatic rings. The first kappa shape index (κ1) is 12.3. The van der Waals surface area contributed by atoms with Crippen LogP contribution in [0.1, 0.15) is 6.92 Å². The minimum Gasteiger partial charge on any atom is -0.390 e. The molecular formula is C10H20N2O3S. The molecule has 5 nitrogen and oxygen atoms in total. The second-order valence-electron chi connectivity index (χ2n) is 4.68. The van der Waals surface area contributed by atoms with Crippen LogP contribution in [0.4, 0.5) is 0 Å². The van der Waals surface area contributed by atoms with Gasteiger partial charge in [-0.25, -0.2) is 8.42 Å². The van der Waals surface area contributed by atoms with Crippen LogP contribution in [0.25, 0.3) is 0 Å². The maximum Gasteiger partial charge on any atom is 0.154 e. The number of sulfone groups is 1. The molecule has 0 amide bonds. The maximum atomic E-state index is 11.4. The second-order valence-corrected chi connectivity index (χ2v) is 6.84.